The first kappa shape index (κ1) is 23.4. The molecule has 0 spiro atoms. The molecule has 0 radical (unpaired) electrons. The van der Waals surface area contributed by atoms with Gasteiger partial charge in [0.15, 0.2) is 5.78 Å². The highest BCUT2D eigenvalue weighted by Crippen LogP contribution is 2.42. The zero-order valence-corrected chi connectivity index (χ0v) is 20.8. The molecule has 1 unspecified atom stereocenters. The predicted octanol–water partition coefficient (Wildman–Crippen LogP) is 7.43. The first-order chi connectivity index (χ1) is 18.6. The minimum atomic E-state index is -0.985. The molecule has 0 saturated heterocycles. The number of anilines is 3. The number of carbonyl (C=O) groups is 1. The number of aliphatic hydroxyl groups is 1. The summed E-state index contributed by atoms with van der Waals surface area (Å²) in [5.41, 5.74) is 4.35. The highest BCUT2D eigenvalue weighted by molar-refractivity contribution is 7.17. The highest BCUT2D eigenvalue weighted by Gasteiger charge is 2.33. The lowest BCUT2D eigenvalue weighted by Crippen LogP contribution is -2.08. The summed E-state index contributed by atoms with van der Waals surface area (Å²) in [5, 5.41) is 32.3. The second-order valence-electron chi connectivity index (χ2n) is 8.95. The maximum absolute atomic E-state index is 13.3. The maximum atomic E-state index is 13.3. The van der Waals surface area contributed by atoms with Gasteiger partial charge in [0.05, 0.1) is 23.3 Å². The minimum absolute atomic E-state index is 0.163. The molecule has 6 heteroatoms. The van der Waals surface area contributed by atoms with Crippen LogP contribution in [-0.4, -0.2) is 10.9 Å². The van der Waals surface area contributed by atoms with E-state index in [1.165, 1.54) is 11.3 Å². The van der Waals surface area contributed by atoms with Crippen molar-refractivity contribution in [3.63, 3.8) is 0 Å². The number of nitriles is 2. The van der Waals surface area contributed by atoms with Gasteiger partial charge in [0, 0.05) is 27.4 Å². The molecular weight excluding hydrogens is 490 g/mol. The summed E-state index contributed by atoms with van der Waals surface area (Å²) in [6, 6.07) is 34.3. The summed E-state index contributed by atoms with van der Waals surface area (Å²) in [5.74, 6) is -0.163. The molecule has 4 aromatic carbocycles. The average Bonchev–Trinajstić information content (AvgIpc) is 3.51. The van der Waals surface area contributed by atoms with Crippen LogP contribution in [0.2, 0.25) is 0 Å². The zero-order valence-electron chi connectivity index (χ0n) is 20.0. The molecule has 38 heavy (non-hydrogen) atoms. The topological polar surface area (TPSA) is 88.1 Å². The van der Waals surface area contributed by atoms with Crippen molar-refractivity contribution in [3.05, 3.63) is 130 Å². The number of benzene rings is 4. The van der Waals surface area contributed by atoms with E-state index in [9.17, 15) is 20.4 Å². The monoisotopic (exact) mass is 509 g/mol. The van der Waals surface area contributed by atoms with Gasteiger partial charge in [0.25, 0.3) is 0 Å². The van der Waals surface area contributed by atoms with Gasteiger partial charge in [0.1, 0.15) is 11.1 Å². The van der Waals surface area contributed by atoms with E-state index in [1.54, 1.807) is 30.3 Å². The fraction of sp³-hybridized carbons (Fsp3) is 0.0312. The van der Waals surface area contributed by atoms with Crippen molar-refractivity contribution in [1.82, 2.24) is 0 Å². The van der Waals surface area contributed by atoms with Crippen LogP contribution in [0.4, 0.5) is 16.4 Å². The van der Waals surface area contributed by atoms with E-state index in [0.29, 0.717) is 27.8 Å². The van der Waals surface area contributed by atoms with Crippen LogP contribution in [0.5, 0.6) is 0 Å². The lowest BCUT2D eigenvalue weighted by molar-refractivity contribution is 0.102. The Kier molecular flexibility index (Phi) is 5.82. The van der Waals surface area contributed by atoms with E-state index in [1.807, 2.05) is 77.7 Å². The Morgan fingerprint density at radius 1 is 0.789 bits per heavy atom. The number of rotatable bonds is 4. The molecular formula is C32H19N3O2S. The summed E-state index contributed by atoms with van der Waals surface area (Å²) in [6.07, 6.45) is 0.780. The summed E-state index contributed by atoms with van der Waals surface area (Å²) < 4.78 is 0. The van der Waals surface area contributed by atoms with Crippen molar-refractivity contribution in [2.24, 2.45) is 0 Å². The molecule has 1 atom stereocenters. The summed E-state index contributed by atoms with van der Waals surface area (Å²) in [7, 11) is 0. The van der Waals surface area contributed by atoms with E-state index in [-0.39, 0.29) is 5.78 Å². The Balaban J connectivity index is 1.39. The van der Waals surface area contributed by atoms with Crippen LogP contribution >= 0.6 is 11.3 Å². The summed E-state index contributed by atoms with van der Waals surface area (Å²) in [6.45, 7) is 0. The normalized spacial score (nSPS) is 15.3. The van der Waals surface area contributed by atoms with Gasteiger partial charge < -0.3 is 10.0 Å². The largest absolute Gasteiger partial charge is 0.383 e. The lowest BCUT2D eigenvalue weighted by atomic mass is 10.0. The summed E-state index contributed by atoms with van der Waals surface area (Å²) >= 11 is 1.48. The molecule has 6 rings (SSSR count). The van der Waals surface area contributed by atoms with Gasteiger partial charge in [-0.05, 0) is 95.2 Å². The van der Waals surface area contributed by atoms with Crippen molar-refractivity contribution >= 4 is 50.3 Å². The molecule has 180 valence electrons. The summed E-state index contributed by atoms with van der Waals surface area (Å²) in [4.78, 5) is 16.1. The van der Waals surface area contributed by atoms with Gasteiger partial charge >= 0.3 is 0 Å². The van der Waals surface area contributed by atoms with Crippen molar-refractivity contribution in [2.45, 2.75) is 6.10 Å². The Labute approximate surface area is 223 Å². The first-order valence-electron chi connectivity index (χ1n) is 11.9. The van der Waals surface area contributed by atoms with Gasteiger partial charge in [-0.15, -0.1) is 11.3 Å². The number of nitrogens with zero attached hydrogens (tertiary/aromatic N) is 3. The molecule has 1 aliphatic rings. The number of aliphatic hydroxyl groups excluding tert-OH is 1. The molecule has 0 amide bonds. The second kappa shape index (κ2) is 9.46. The molecule has 0 bridgehead atoms. The fourth-order valence-electron chi connectivity index (χ4n) is 4.74. The first-order valence-corrected chi connectivity index (χ1v) is 12.7. The molecule has 5 nitrogen and oxygen atoms in total. The van der Waals surface area contributed by atoms with Crippen LogP contribution in [-0.2, 0) is 0 Å². The third-order valence-electron chi connectivity index (χ3n) is 6.65. The number of Topliss-reactive ketones (excluding diaryl/α,β-unsaturated/α-hetero) is 1. The number of fused-ring (bicyclic) bond motifs is 2. The van der Waals surface area contributed by atoms with E-state index in [0.717, 1.165) is 32.0 Å². The number of ketones is 1. The molecule has 0 aliphatic heterocycles. The van der Waals surface area contributed by atoms with Crippen LogP contribution < -0.4 is 4.90 Å². The SMILES string of the molecule is N#Cc1ccc(N(c2ccc(C#N)cc2)c2ccc(/C=C3\C(=O)c4cc5ccccc5cc4C3O)s2)cc1. The van der Waals surface area contributed by atoms with Gasteiger partial charge in [0.2, 0.25) is 0 Å². The predicted molar refractivity (Wildman–Crippen MR) is 150 cm³/mol. The number of thiophene rings is 1. The Hall–Kier alpha value is -5.01. The molecule has 0 saturated carbocycles. The van der Waals surface area contributed by atoms with Crippen LogP contribution in [0.15, 0.2) is 103 Å². The van der Waals surface area contributed by atoms with E-state index >= 15 is 0 Å². The van der Waals surface area contributed by atoms with Crippen molar-refractivity contribution in [3.8, 4) is 12.1 Å². The minimum Gasteiger partial charge on any atom is -0.383 e. The second-order valence-corrected chi connectivity index (χ2v) is 10.0. The third kappa shape index (κ3) is 4.05. The Morgan fingerprint density at radius 2 is 1.37 bits per heavy atom. The van der Waals surface area contributed by atoms with Crippen LogP contribution in [0.1, 0.15) is 38.0 Å². The lowest BCUT2D eigenvalue weighted by Gasteiger charge is -2.23. The van der Waals surface area contributed by atoms with Gasteiger partial charge in [-0.25, -0.2) is 0 Å². The quantitative estimate of drug-likeness (QED) is 0.255. The molecule has 5 aromatic rings. The van der Waals surface area contributed by atoms with Crippen molar-refractivity contribution < 1.29 is 9.90 Å². The van der Waals surface area contributed by atoms with E-state index in [4.69, 9.17) is 0 Å². The molecule has 1 heterocycles. The smallest absolute Gasteiger partial charge is 0.192 e. The van der Waals surface area contributed by atoms with Crippen molar-refractivity contribution in [1.29, 1.82) is 10.5 Å². The Bertz CT molecular complexity index is 1760. The number of carbonyl (C=O) groups excluding carboxylic acids is 1. The zero-order chi connectivity index (χ0) is 26.2. The van der Waals surface area contributed by atoms with Crippen LogP contribution in [0, 0.1) is 22.7 Å². The van der Waals surface area contributed by atoms with Gasteiger partial charge in [-0.3, -0.25) is 4.79 Å². The van der Waals surface area contributed by atoms with Gasteiger partial charge in [-0.1, -0.05) is 24.3 Å². The maximum Gasteiger partial charge on any atom is 0.192 e. The standard InChI is InChI=1S/C32H19N3O2S/c33-18-20-5-9-24(10-6-20)35(25-11-7-21(19-34)8-12-25)30-14-13-26(38-30)17-29-31(36)27-15-22-3-1-2-4-23(22)16-28(27)32(29)37/h1-17,31,36H/b29-17-. The van der Waals surface area contributed by atoms with Crippen LogP contribution in [0.25, 0.3) is 16.8 Å². The third-order valence-corrected chi connectivity index (χ3v) is 7.67. The van der Waals surface area contributed by atoms with E-state index < -0.39 is 6.10 Å². The number of hydrogen-bond donors (Lipinski definition) is 1. The molecule has 1 N–H and O–H groups in total. The van der Waals surface area contributed by atoms with Crippen molar-refractivity contribution in [2.75, 3.05) is 4.90 Å². The molecule has 1 aliphatic carbocycles. The molecule has 0 fully saturated rings. The van der Waals surface area contributed by atoms with Gasteiger partial charge in [-0.2, -0.15) is 10.5 Å². The average molecular weight is 510 g/mol. The van der Waals surface area contributed by atoms with E-state index in [2.05, 4.69) is 12.1 Å². The number of hydrogen-bond acceptors (Lipinski definition) is 6. The van der Waals surface area contributed by atoms with Crippen LogP contribution in [0.3, 0.4) is 0 Å². The molecule has 1 aromatic heterocycles. The highest BCUT2D eigenvalue weighted by atomic mass is 32.1. The fourth-order valence-corrected chi connectivity index (χ4v) is 5.74. The Morgan fingerprint density at radius 3 is 1.95 bits per heavy atom.